The predicted octanol–water partition coefficient (Wildman–Crippen LogP) is 5.26. The van der Waals surface area contributed by atoms with Gasteiger partial charge in [0.25, 0.3) is 0 Å². The maximum Gasteiger partial charge on any atom is 0.318 e. The number of benzene rings is 2. The quantitative estimate of drug-likeness (QED) is 0.389. The normalized spacial score (nSPS) is 12.4. The van der Waals surface area contributed by atoms with E-state index in [1.165, 1.54) is 0 Å². The Bertz CT molecular complexity index is 1090. The molecule has 0 radical (unpaired) electrons. The van der Waals surface area contributed by atoms with Gasteiger partial charge in [0.1, 0.15) is 12.0 Å². The first-order chi connectivity index (χ1) is 16.5. The van der Waals surface area contributed by atoms with Crippen molar-refractivity contribution in [3.8, 4) is 0 Å². The lowest BCUT2D eigenvalue weighted by atomic mass is 9.77. The van der Waals surface area contributed by atoms with Crippen LogP contribution in [0.2, 0.25) is 0 Å². The third kappa shape index (κ3) is 6.41. The lowest BCUT2D eigenvalue weighted by Gasteiger charge is -2.29. The first-order valence-electron chi connectivity index (χ1n) is 11.5. The van der Waals surface area contributed by atoms with Gasteiger partial charge in [-0.1, -0.05) is 55.0 Å². The Morgan fingerprint density at radius 3 is 2.38 bits per heavy atom. The SMILES string of the molecule is CCOC(=O)C(CC)(CCC(=O)OCc1ccccc1)c1ccnc(Nc2ccc(C)cc2)n1. The number of aromatic nitrogens is 2. The van der Waals surface area contributed by atoms with Gasteiger partial charge in [-0.25, -0.2) is 9.97 Å². The monoisotopic (exact) mass is 461 g/mol. The fourth-order valence-corrected chi connectivity index (χ4v) is 3.68. The van der Waals surface area contributed by atoms with Crippen LogP contribution in [0, 0.1) is 6.92 Å². The molecule has 0 aliphatic carbocycles. The largest absolute Gasteiger partial charge is 0.465 e. The van der Waals surface area contributed by atoms with Gasteiger partial charge < -0.3 is 14.8 Å². The Kier molecular flexibility index (Phi) is 8.73. The number of carbonyl (C=O) groups excluding carboxylic acids is 2. The number of esters is 2. The second kappa shape index (κ2) is 11.9. The number of nitrogens with one attached hydrogen (secondary N) is 1. The zero-order chi connectivity index (χ0) is 24.4. The summed E-state index contributed by atoms with van der Waals surface area (Å²) in [5.74, 6) is -0.415. The molecule has 3 rings (SSSR count). The molecule has 1 heterocycles. The summed E-state index contributed by atoms with van der Waals surface area (Å²) in [5.41, 5.74) is 2.31. The van der Waals surface area contributed by atoms with Crippen LogP contribution < -0.4 is 5.32 Å². The van der Waals surface area contributed by atoms with Crippen LogP contribution in [-0.2, 0) is 31.1 Å². The van der Waals surface area contributed by atoms with Crippen LogP contribution in [0.15, 0.2) is 66.9 Å². The van der Waals surface area contributed by atoms with Gasteiger partial charge in [0.2, 0.25) is 5.95 Å². The molecule has 34 heavy (non-hydrogen) atoms. The van der Waals surface area contributed by atoms with Gasteiger partial charge in [0.05, 0.1) is 12.3 Å². The molecule has 7 nitrogen and oxygen atoms in total. The summed E-state index contributed by atoms with van der Waals surface area (Å²) in [5, 5.41) is 3.18. The summed E-state index contributed by atoms with van der Waals surface area (Å²) in [6.07, 6.45) is 2.30. The average Bonchev–Trinajstić information content (AvgIpc) is 2.86. The van der Waals surface area contributed by atoms with Crippen LogP contribution in [0.5, 0.6) is 0 Å². The Balaban J connectivity index is 1.78. The molecule has 1 atom stereocenters. The van der Waals surface area contributed by atoms with Crippen molar-refractivity contribution in [2.24, 2.45) is 0 Å². The van der Waals surface area contributed by atoms with E-state index in [0.717, 1.165) is 16.8 Å². The fourth-order valence-electron chi connectivity index (χ4n) is 3.68. The molecule has 0 spiro atoms. The number of ether oxygens (including phenoxy) is 2. The minimum absolute atomic E-state index is 0.0597. The Labute approximate surface area is 200 Å². The van der Waals surface area contributed by atoms with Crippen molar-refractivity contribution in [1.29, 1.82) is 0 Å². The van der Waals surface area contributed by atoms with Gasteiger partial charge in [-0.15, -0.1) is 0 Å². The highest BCUT2D eigenvalue weighted by Gasteiger charge is 2.42. The van der Waals surface area contributed by atoms with Gasteiger partial charge in [0.15, 0.2) is 0 Å². The van der Waals surface area contributed by atoms with E-state index in [4.69, 9.17) is 9.47 Å². The van der Waals surface area contributed by atoms with Crippen molar-refractivity contribution in [3.05, 3.63) is 83.7 Å². The van der Waals surface area contributed by atoms with Crippen molar-refractivity contribution >= 4 is 23.6 Å². The van der Waals surface area contributed by atoms with E-state index in [2.05, 4.69) is 15.3 Å². The highest BCUT2D eigenvalue weighted by molar-refractivity contribution is 5.83. The van der Waals surface area contributed by atoms with E-state index in [9.17, 15) is 9.59 Å². The first kappa shape index (κ1) is 24.9. The predicted molar refractivity (Wildman–Crippen MR) is 131 cm³/mol. The molecule has 0 fully saturated rings. The van der Waals surface area contributed by atoms with Crippen molar-refractivity contribution in [2.45, 2.75) is 52.1 Å². The van der Waals surface area contributed by atoms with Gasteiger partial charge in [-0.05, 0) is 50.5 Å². The van der Waals surface area contributed by atoms with E-state index in [-0.39, 0.29) is 32.0 Å². The minimum Gasteiger partial charge on any atom is -0.465 e. The molecule has 0 bridgehead atoms. The van der Waals surface area contributed by atoms with Crippen molar-refractivity contribution < 1.29 is 19.1 Å². The maximum absolute atomic E-state index is 13.1. The Hall–Kier alpha value is -3.74. The van der Waals surface area contributed by atoms with Gasteiger partial charge in [-0.2, -0.15) is 0 Å². The van der Waals surface area contributed by atoms with Gasteiger partial charge >= 0.3 is 11.9 Å². The number of carbonyl (C=O) groups is 2. The Morgan fingerprint density at radius 1 is 0.971 bits per heavy atom. The number of anilines is 2. The number of hydrogen-bond acceptors (Lipinski definition) is 7. The first-order valence-corrected chi connectivity index (χ1v) is 11.5. The van der Waals surface area contributed by atoms with Crippen LogP contribution in [0.1, 0.15) is 49.9 Å². The standard InChI is InChI=1S/C27H31N3O4/c1-4-27(25(32)33-5-2,17-15-24(31)34-19-21-9-7-6-8-10-21)23-16-18-28-26(30-23)29-22-13-11-20(3)12-14-22/h6-14,16,18H,4-5,15,17,19H2,1-3H3,(H,28,29,30). The zero-order valence-corrected chi connectivity index (χ0v) is 19.9. The summed E-state index contributed by atoms with van der Waals surface area (Å²) in [6.45, 7) is 6.09. The van der Waals surface area contributed by atoms with E-state index in [1.807, 2.05) is 68.4 Å². The highest BCUT2D eigenvalue weighted by Crippen LogP contribution is 2.34. The molecule has 0 amide bonds. The smallest absolute Gasteiger partial charge is 0.318 e. The van der Waals surface area contributed by atoms with E-state index < -0.39 is 11.4 Å². The maximum atomic E-state index is 13.1. The highest BCUT2D eigenvalue weighted by atomic mass is 16.5. The third-order valence-corrected chi connectivity index (χ3v) is 5.72. The Morgan fingerprint density at radius 2 is 1.71 bits per heavy atom. The lowest BCUT2D eigenvalue weighted by Crippen LogP contribution is -2.39. The van der Waals surface area contributed by atoms with Crippen LogP contribution >= 0.6 is 0 Å². The molecule has 1 aromatic heterocycles. The van der Waals surface area contributed by atoms with Crippen molar-refractivity contribution in [3.63, 3.8) is 0 Å². The number of hydrogen-bond donors (Lipinski definition) is 1. The average molecular weight is 462 g/mol. The number of aryl methyl sites for hydroxylation is 1. The summed E-state index contributed by atoms with van der Waals surface area (Å²) >= 11 is 0. The molecule has 7 heteroatoms. The van der Waals surface area contributed by atoms with Crippen LogP contribution in [0.25, 0.3) is 0 Å². The lowest BCUT2D eigenvalue weighted by molar-refractivity contribution is -0.152. The van der Waals surface area contributed by atoms with Crippen molar-refractivity contribution in [2.75, 3.05) is 11.9 Å². The van der Waals surface area contributed by atoms with Crippen LogP contribution in [0.4, 0.5) is 11.6 Å². The minimum atomic E-state index is -1.09. The summed E-state index contributed by atoms with van der Waals surface area (Å²) in [6, 6.07) is 19.0. The molecule has 3 aromatic rings. The summed E-state index contributed by atoms with van der Waals surface area (Å²) in [4.78, 5) is 34.6. The van der Waals surface area contributed by atoms with Crippen molar-refractivity contribution in [1.82, 2.24) is 9.97 Å². The van der Waals surface area contributed by atoms with E-state index in [0.29, 0.717) is 18.1 Å². The number of nitrogens with zero attached hydrogens (tertiary/aromatic N) is 2. The van der Waals surface area contributed by atoms with Gasteiger partial charge in [-0.3, -0.25) is 9.59 Å². The molecular formula is C27H31N3O4. The van der Waals surface area contributed by atoms with E-state index >= 15 is 0 Å². The third-order valence-electron chi connectivity index (χ3n) is 5.72. The summed E-state index contributed by atoms with van der Waals surface area (Å²) in [7, 11) is 0. The molecule has 0 aliphatic heterocycles. The zero-order valence-electron chi connectivity index (χ0n) is 19.9. The number of rotatable bonds is 11. The fraction of sp³-hybridized carbons (Fsp3) is 0.333. The summed E-state index contributed by atoms with van der Waals surface area (Å²) < 4.78 is 10.8. The van der Waals surface area contributed by atoms with Crippen LogP contribution in [0.3, 0.4) is 0 Å². The molecular weight excluding hydrogens is 430 g/mol. The molecule has 0 aliphatic rings. The second-order valence-corrected chi connectivity index (χ2v) is 8.06. The molecule has 0 saturated carbocycles. The molecule has 1 unspecified atom stereocenters. The van der Waals surface area contributed by atoms with Crippen LogP contribution in [-0.4, -0.2) is 28.5 Å². The second-order valence-electron chi connectivity index (χ2n) is 8.06. The van der Waals surface area contributed by atoms with Gasteiger partial charge in [0, 0.05) is 18.3 Å². The molecule has 2 aromatic carbocycles. The molecule has 1 N–H and O–H groups in total. The molecule has 178 valence electrons. The topological polar surface area (TPSA) is 90.4 Å². The van der Waals surface area contributed by atoms with E-state index in [1.54, 1.807) is 19.2 Å². The molecule has 0 saturated heterocycles.